The van der Waals surface area contributed by atoms with Crippen molar-refractivity contribution in [2.75, 3.05) is 11.9 Å². The van der Waals surface area contributed by atoms with Gasteiger partial charge < -0.3 is 10.1 Å². The van der Waals surface area contributed by atoms with Gasteiger partial charge in [0.25, 0.3) is 5.91 Å². The highest BCUT2D eigenvalue weighted by molar-refractivity contribution is 7.80. The first-order valence-electron chi connectivity index (χ1n) is 8.49. The summed E-state index contributed by atoms with van der Waals surface area (Å²) < 4.78 is 5.38. The molecule has 2 aromatic rings. The van der Waals surface area contributed by atoms with Gasteiger partial charge in [-0.25, -0.2) is 0 Å². The second kappa shape index (κ2) is 9.18. The molecule has 2 N–H and O–H groups in total. The van der Waals surface area contributed by atoms with E-state index in [4.69, 9.17) is 17.0 Å². The fourth-order valence-electron chi connectivity index (χ4n) is 2.46. The summed E-state index contributed by atoms with van der Waals surface area (Å²) in [6.07, 6.45) is 1.03. The number of thiocarbonyl (C=S) groups is 1. The summed E-state index contributed by atoms with van der Waals surface area (Å²) in [6, 6.07) is 15.0. The van der Waals surface area contributed by atoms with Crippen molar-refractivity contribution < 1.29 is 9.53 Å². The van der Waals surface area contributed by atoms with Gasteiger partial charge in [-0.05, 0) is 67.4 Å². The van der Waals surface area contributed by atoms with E-state index in [1.807, 2.05) is 25.1 Å². The predicted molar refractivity (Wildman–Crippen MR) is 106 cm³/mol. The second-order valence-corrected chi connectivity index (χ2v) is 6.17. The molecule has 2 rings (SSSR count). The largest absolute Gasteiger partial charge is 0.494 e. The molecule has 0 saturated heterocycles. The summed E-state index contributed by atoms with van der Waals surface area (Å²) in [6.45, 7) is 6.83. The number of anilines is 1. The Kier molecular flexibility index (Phi) is 6.95. The van der Waals surface area contributed by atoms with E-state index in [0.29, 0.717) is 18.1 Å². The number of amides is 1. The fourth-order valence-corrected chi connectivity index (χ4v) is 2.66. The minimum absolute atomic E-state index is 0.249. The van der Waals surface area contributed by atoms with Crippen LogP contribution < -0.4 is 15.4 Å². The highest BCUT2D eigenvalue weighted by atomic mass is 32.1. The molecule has 5 heteroatoms. The second-order valence-electron chi connectivity index (χ2n) is 5.76. The minimum Gasteiger partial charge on any atom is -0.494 e. The maximum atomic E-state index is 12.3. The summed E-state index contributed by atoms with van der Waals surface area (Å²) >= 11 is 5.29. The fraction of sp³-hybridized carbons (Fsp3) is 0.300. The molecule has 0 radical (unpaired) electrons. The Bertz CT molecular complexity index is 729. The lowest BCUT2D eigenvalue weighted by molar-refractivity contribution is 0.0977. The molecule has 0 aliphatic heterocycles. The number of nitrogens with one attached hydrogen (secondary N) is 2. The number of hydrogen-bond donors (Lipinski definition) is 2. The number of carbonyl (C=O) groups is 1. The molecule has 0 aliphatic carbocycles. The molecule has 0 aromatic heterocycles. The van der Waals surface area contributed by atoms with E-state index in [1.54, 1.807) is 24.3 Å². The van der Waals surface area contributed by atoms with Crippen molar-refractivity contribution in [3.8, 4) is 5.75 Å². The summed E-state index contributed by atoms with van der Waals surface area (Å²) in [7, 11) is 0. The molecule has 132 valence electrons. The number of rotatable bonds is 6. The SMILES string of the molecule is CCOc1ccc(C(=O)NC(=S)Nc2ccccc2[C@H](C)CC)cc1. The van der Waals surface area contributed by atoms with Crippen LogP contribution in [0.3, 0.4) is 0 Å². The Labute approximate surface area is 154 Å². The smallest absolute Gasteiger partial charge is 0.257 e. The number of hydrogen-bond acceptors (Lipinski definition) is 3. The van der Waals surface area contributed by atoms with Gasteiger partial charge in [0.2, 0.25) is 0 Å². The van der Waals surface area contributed by atoms with Gasteiger partial charge in [0.05, 0.1) is 6.61 Å². The van der Waals surface area contributed by atoms with E-state index >= 15 is 0 Å². The first kappa shape index (κ1) is 18.9. The van der Waals surface area contributed by atoms with Crippen molar-refractivity contribution in [2.45, 2.75) is 33.1 Å². The standard InChI is InChI=1S/C20H24N2O2S/c1-4-14(3)17-8-6-7-9-18(17)21-20(25)22-19(23)15-10-12-16(13-11-15)24-5-2/h6-14H,4-5H2,1-3H3,(H2,21,22,23,25)/t14-/m1/s1. The molecule has 4 nitrogen and oxygen atoms in total. The Balaban J connectivity index is 2.01. The topological polar surface area (TPSA) is 50.4 Å². The van der Waals surface area contributed by atoms with Crippen LogP contribution in [0.1, 0.15) is 49.0 Å². The number of carbonyl (C=O) groups excluding carboxylic acids is 1. The molecular weight excluding hydrogens is 332 g/mol. The molecule has 0 aliphatic rings. The lowest BCUT2D eigenvalue weighted by Gasteiger charge is -2.17. The normalized spacial score (nSPS) is 11.5. The third-order valence-electron chi connectivity index (χ3n) is 4.01. The lowest BCUT2D eigenvalue weighted by Crippen LogP contribution is -2.34. The first-order valence-corrected chi connectivity index (χ1v) is 8.90. The van der Waals surface area contributed by atoms with Crippen LogP contribution in [-0.2, 0) is 0 Å². The molecule has 1 amide bonds. The monoisotopic (exact) mass is 356 g/mol. The number of ether oxygens (including phenoxy) is 1. The van der Waals surface area contributed by atoms with Crippen LogP contribution >= 0.6 is 12.2 Å². The Morgan fingerprint density at radius 1 is 1.12 bits per heavy atom. The molecule has 0 bridgehead atoms. The molecule has 25 heavy (non-hydrogen) atoms. The number of para-hydroxylation sites is 1. The van der Waals surface area contributed by atoms with E-state index in [1.165, 1.54) is 5.56 Å². The average molecular weight is 356 g/mol. The Hall–Kier alpha value is -2.40. The van der Waals surface area contributed by atoms with Crippen LogP contribution in [0, 0.1) is 0 Å². The Morgan fingerprint density at radius 3 is 2.44 bits per heavy atom. The molecule has 2 aromatic carbocycles. The van der Waals surface area contributed by atoms with Gasteiger partial charge >= 0.3 is 0 Å². The maximum Gasteiger partial charge on any atom is 0.257 e. The zero-order valence-electron chi connectivity index (χ0n) is 14.8. The third-order valence-corrected chi connectivity index (χ3v) is 4.21. The Morgan fingerprint density at radius 2 is 1.80 bits per heavy atom. The van der Waals surface area contributed by atoms with Crippen molar-refractivity contribution in [3.63, 3.8) is 0 Å². The van der Waals surface area contributed by atoms with Crippen molar-refractivity contribution in [1.82, 2.24) is 5.32 Å². The quantitative estimate of drug-likeness (QED) is 0.735. The molecule has 0 fully saturated rings. The lowest BCUT2D eigenvalue weighted by atomic mass is 9.97. The van der Waals surface area contributed by atoms with Crippen LogP contribution in [-0.4, -0.2) is 17.6 Å². The summed E-state index contributed by atoms with van der Waals surface area (Å²) in [5, 5.41) is 6.14. The summed E-state index contributed by atoms with van der Waals surface area (Å²) in [4.78, 5) is 12.3. The number of benzene rings is 2. The van der Waals surface area contributed by atoms with Gasteiger partial charge in [-0.3, -0.25) is 10.1 Å². The summed E-state index contributed by atoms with van der Waals surface area (Å²) in [5.41, 5.74) is 2.64. The predicted octanol–water partition coefficient (Wildman–Crippen LogP) is 4.73. The van der Waals surface area contributed by atoms with Crippen LogP contribution in [0.4, 0.5) is 5.69 Å². The molecule has 0 unspecified atom stereocenters. The highest BCUT2D eigenvalue weighted by Gasteiger charge is 2.12. The van der Waals surface area contributed by atoms with Gasteiger partial charge in [-0.15, -0.1) is 0 Å². The third kappa shape index (κ3) is 5.29. The van der Waals surface area contributed by atoms with Gasteiger partial charge in [0, 0.05) is 11.3 Å². The van der Waals surface area contributed by atoms with Gasteiger partial charge in [0.15, 0.2) is 5.11 Å². The zero-order valence-corrected chi connectivity index (χ0v) is 15.7. The maximum absolute atomic E-state index is 12.3. The molecule has 0 heterocycles. The molecule has 1 atom stereocenters. The van der Waals surface area contributed by atoms with Crippen LogP contribution in [0.5, 0.6) is 5.75 Å². The average Bonchev–Trinajstić information content (AvgIpc) is 2.62. The van der Waals surface area contributed by atoms with E-state index in [-0.39, 0.29) is 11.0 Å². The van der Waals surface area contributed by atoms with Gasteiger partial charge in [-0.1, -0.05) is 32.0 Å². The van der Waals surface area contributed by atoms with Crippen LogP contribution in [0.15, 0.2) is 48.5 Å². The minimum atomic E-state index is -0.249. The van der Waals surface area contributed by atoms with Gasteiger partial charge in [-0.2, -0.15) is 0 Å². The van der Waals surface area contributed by atoms with Crippen molar-refractivity contribution in [1.29, 1.82) is 0 Å². The van der Waals surface area contributed by atoms with Crippen LogP contribution in [0.25, 0.3) is 0 Å². The first-order chi connectivity index (χ1) is 12.0. The van der Waals surface area contributed by atoms with Crippen LogP contribution in [0.2, 0.25) is 0 Å². The molecule has 0 spiro atoms. The van der Waals surface area contributed by atoms with E-state index in [9.17, 15) is 4.79 Å². The highest BCUT2D eigenvalue weighted by Crippen LogP contribution is 2.26. The summed E-state index contributed by atoms with van der Waals surface area (Å²) in [5.74, 6) is 0.900. The van der Waals surface area contributed by atoms with Crippen molar-refractivity contribution in [3.05, 3.63) is 59.7 Å². The van der Waals surface area contributed by atoms with Crippen molar-refractivity contribution in [2.24, 2.45) is 0 Å². The molecule has 0 saturated carbocycles. The zero-order chi connectivity index (χ0) is 18.2. The van der Waals surface area contributed by atoms with E-state index in [2.05, 4.69) is 30.5 Å². The van der Waals surface area contributed by atoms with E-state index in [0.717, 1.165) is 17.9 Å². The van der Waals surface area contributed by atoms with Gasteiger partial charge in [0.1, 0.15) is 5.75 Å². The van der Waals surface area contributed by atoms with E-state index < -0.39 is 0 Å². The van der Waals surface area contributed by atoms with Crippen molar-refractivity contribution >= 4 is 28.9 Å². The molecular formula is C20H24N2O2S.